The van der Waals surface area contributed by atoms with Crippen LogP contribution >= 0.6 is 11.6 Å². The number of anilines is 1. The van der Waals surface area contributed by atoms with Gasteiger partial charge in [-0.2, -0.15) is 0 Å². The molecule has 1 aliphatic heterocycles. The van der Waals surface area contributed by atoms with Crippen LogP contribution in [0.5, 0.6) is 5.75 Å². The van der Waals surface area contributed by atoms with Crippen molar-refractivity contribution in [3.8, 4) is 5.75 Å². The van der Waals surface area contributed by atoms with E-state index < -0.39 is 0 Å². The average molecular weight is 248 g/mol. The molecule has 1 N–H and O–H groups in total. The number of rotatable bonds is 2. The van der Waals surface area contributed by atoms with Crippen molar-refractivity contribution < 1.29 is 4.74 Å². The molecule has 1 atom stereocenters. The van der Waals surface area contributed by atoms with Crippen LogP contribution in [0.4, 0.5) is 5.82 Å². The molecule has 5 heteroatoms. The normalized spacial score (nSPS) is 17.4. The van der Waals surface area contributed by atoms with Crippen LogP contribution in [-0.4, -0.2) is 16.8 Å². The minimum Gasteiger partial charge on any atom is -0.491 e. The van der Waals surface area contributed by atoms with Crippen LogP contribution in [0.2, 0.25) is 5.15 Å². The molecule has 17 heavy (non-hydrogen) atoms. The third-order valence-corrected chi connectivity index (χ3v) is 2.86. The zero-order valence-corrected chi connectivity index (χ0v) is 9.69. The van der Waals surface area contributed by atoms with E-state index in [1.165, 1.54) is 0 Å². The monoisotopic (exact) mass is 247 g/mol. The van der Waals surface area contributed by atoms with Crippen LogP contribution in [-0.2, 0) is 0 Å². The van der Waals surface area contributed by atoms with E-state index in [1.54, 1.807) is 12.1 Å². The zero-order chi connectivity index (χ0) is 11.7. The Balaban J connectivity index is 1.81. The van der Waals surface area contributed by atoms with Gasteiger partial charge in [0, 0.05) is 5.56 Å². The van der Waals surface area contributed by atoms with Gasteiger partial charge in [-0.15, -0.1) is 10.2 Å². The van der Waals surface area contributed by atoms with Gasteiger partial charge in [-0.1, -0.05) is 29.8 Å². The lowest BCUT2D eigenvalue weighted by Crippen LogP contribution is -2.13. The lowest BCUT2D eigenvalue weighted by molar-refractivity contribution is 0.339. The first-order chi connectivity index (χ1) is 8.33. The first-order valence-electron chi connectivity index (χ1n) is 5.30. The van der Waals surface area contributed by atoms with Gasteiger partial charge in [0.2, 0.25) is 0 Å². The fraction of sp³-hybridized carbons (Fsp3) is 0.167. The fourth-order valence-electron chi connectivity index (χ4n) is 1.85. The predicted molar refractivity (Wildman–Crippen MR) is 65.3 cm³/mol. The van der Waals surface area contributed by atoms with Gasteiger partial charge in [0.1, 0.15) is 18.2 Å². The largest absolute Gasteiger partial charge is 0.491 e. The SMILES string of the molecule is Clc1ccc(NC2COc3ccccc32)nn1. The Labute approximate surface area is 104 Å². The minimum atomic E-state index is 0.113. The van der Waals surface area contributed by atoms with Crippen LogP contribution in [0.25, 0.3) is 0 Å². The molecular weight excluding hydrogens is 238 g/mol. The van der Waals surface area contributed by atoms with Crippen LogP contribution in [0.1, 0.15) is 11.6 Å². The van der Waals surface area contributed by atoms with E-state index in [0.717, 1.165) is 11.3 Å². The van der Waals surface area contributed by atoms with E-state index in [-0.39, 0.29) is 6.04 Å². The minimum absolute atomic E-state index is 0.113. The molecule has 0 spiro atoms. The molecule has 3 rings (SSSR count). The third kappa shape index (κ3) is 2.03. The Bertz CT molecular complexity index is 530. The average Bonchev–Trinajstić information content (AvgIpc) is 2.76. The number of nitrogens with one attached hydrogen (secondary N) is 1. The smallest absolute Gasteiger partial charge is 0.151 e. The highest BCUT2D eigenvalue weighted by molar-refractivity contribution is 6.29. The van der Waals surface area contributed by atoms with Crippen molar-refractivity contribution in [1.82, 2.24) is 10.2 Å². The second kappa shape index (κ2) is 4.22. The third-order valence-electron chi connectivity index (χ3n) is 2.65. The summed E-state index contributed by atoms with van der Waals surface area (Å²) in [5.74, 6) is 1.62. The van der Waals surface area contributed by atoms with Gasteiger partial charge < -0.3 is 10.1 Å². The molecule has 1 unspecified atom stereocenters. The van der Waals surface area contributed by atoms with Crippen LogP contribution in [0, 0.1) is 0 Å². The fourth-order valence-corrected chi connectivity index (χ4v) is 1.95. The highest BCUT2D eigenvalue weighted by Gasteiger charge is 2.23. The van der Waals surface area contributed by atoms with Crippen molar-refractivity contribution >= 4 is 17.4 Å². The van der Waals surface area contributed by atoms with Gasteiger partial charge in [-0.25, -0.2) is 0 Å². The van der Waals surface area contributed by atoms with Crippen LogP contribution < -0.4 is 10.1 Å². The number of aromatic nitrogens is 2. The Hall–Kier alpha value is -1.81. The molecule has 0 saturated carbocycles. The predicted octanol–water partition coefficient (Wildman–Crippen LogP) is 2.68. The van der Waals surface area contributed by atoms with Crippen molar-refractivity contribution in [1.29, 1.82) is 0 Å². The molecule has 0 radical (unpaired) electrons. The van der Waals surface area contributed by atoms with E-state index in [1.807, 2.05) is 24.3 Å². The summed E-state index contributed by atoms with van der Waals surface area (Å²) < 4.78 is 5.57. The lowest BCUT2D eigenvalue weighted by atomic mass is 10.1. The molecule has 1 aromatic heterocycles. The molecule has 0 aliphatic carbocycles. The molecule has 2 aromatic rings. The lowest BCUT2D eigenvalue weighted by Gasteiger charge is -2.11. The highest BCUT2D eigenvalue weighted by Crippen LogP contribution is 2.33. The van der Waals surface area contributed by atoms with Crippen LogP contribution in [0.3, 0.4) is 0 Å². The number of hydrogen-bond donors (Lipinski definition) is 1. The molecule has 4 nitrogen and oxygen atoms in total. The van der Waals surface area contributed by atoms with Crippen molar-refractivity contribution in [3.05, 3.63) is 47.1 Å². The summed E-state index contributed by atoms with van der Waals surface area (Å²) in [6.45, 7) is 0.601. The Kier molecular flexibility index (Phi) is 2.57. The number of benzene rings is 1. The number of fused-ring (bicyclic) bond motifs is 1. The van der Waals surface area contributed by atoms with Gasteiger partial charge in [-0.05, 0) is 18.2 Å². The quantitative estimate of drug-likeness (QED) is 0.886. The maximum Gasteiger partial charge on any atom is 0.151 e. The molecule has 1 aliphatic rings. The van der Waals surface area contributed by atoms with E-state index >= 15 is 0 Å². The number of ether oxygens (including phenoxy) is 1. The van der Waals surface area contributed by atoms with Crippen molar-refractivity contribution in [2.75, 3.05) is 11.9 Å². The summed E-state index contributed by atoms with van der Waals surface area (Å²) >= 11 is 5.68. The Morgan fingerprint density at radius 1 is 1.18 bits per heavy atom. The molecule has 0 fully saturated rings. The zero-order valence-electron chi connectivity index (χ0n) is 8.93. The number of hydrogen-bond acceptors (Lipinski definition) is 4. The molecule has 86 valence electrons. The van der Waals surface area contributed by atoms with Gasteiger partial charge in [0.25, 0.3) is 0 Å². The molecule has 2 heterocycles. The second-order valence-corrected chi connectivity index (χ2v) is 4.17. The maximum atomic E-state index is 5.68. The van der Waals surface area contributed by atoms with Gasteiger partial charge in [0.15, 0.2) is 5.15 Å². The topological polar surface area (TPSA) is 47.0 Å². The maximum absolute atomic E-state index is 5.68. The van der Waals surface area contributed by atoms with Gasteiger partial charge >= 0.3 is 0 Å². The van der Waals surface area contributed by atoms with E-state index in [9.17, 15) is 0 Å². The molecule has 0 amide bonds. The second-order valence-electron chi connectivity index (χ2n) is 3.79. The molecule has 0 saturated heterocycles. The van der Waals surface area contributed by atoms with E-state index in [4.69, 9.17) is 16.3 Å². The first-order valence-corrected chi connectivity index (χ1v) is 5.68. The van der Waals surface area contributed by atoms with Gasteiger partial charge in [0.05, 0.1) is 6.04 Å². The summed E-state index contributed by atoms with van der Waals surface area (Å²) in [5, 5.41) is 11.4. The van der Waals surface area contributed by atoms with Crippen molar-refractivity contribution in [2.45, 2.75) is 6.04 Å². The molecule has 1 aromatic carbocycles. The first kappa shape index (κ1) is 10.4. The van der Waals surface area contributed by atoms with Crippen molar-refractivity contribution in [2.24, 2.45) is 0 Å². The van der Waals surface area contributed by atoms with Crippen LogP contribution in [0.15, 0.2) is 36.4 Å². The van der Waals surface area contributed by atoms with E-state index in [2.05, 4.69) is 15.5 Å². The number of nitrogens with zero attached hydrogens (tertiary/aromatic N) is 2. The number of halogens is 1. The molecule has 0 bridgehead atoms. The summed E-state index contributed by atoms with van der Waals surface area (Å²) in [5.41, 5.74) is 1.14. The Morgan fingerprint density at radius 2 is 2.06 bits per heavy atom. The van der Waals surface area contributed by atoms with Crippen molar-refractivity contribution in [3.63, 3.8) is 0 Å². The highest BCUT2D eigenvalue weighted by atomic mass is 35.5. The number of para-hydroxylation sites is 1. The van der Waals surface area contributed by atoms with E-state index in [0.29, 0.717) is 17.6 Å². The Morgan fingerprint density at radius 3 is 2.88 bits per heavy atom. The standard InChI is InChI=1S/C12H10ClN3O/c13-11-5-6-12(16-15-11)14-9-7-17-10-4-2-1-3-8(9)10/h1-6,9H,7H2,(H,14,16). The van der Waals surface area contributed by atoms with Gasteiger partial charge in [-0.3, -0.25) is 0 Å². The summed E-state index contributed by atoms with van der Waals surface area (Å²) in [7, 11) is 0. The summed E-state index contributed by atoms with van der Waals surface area (Å²) in [6, 6.07) is 11.6. The molecular formula is C12H10ClN3O. The summed E-state index contributed by atoms with van der Waals surface area (Å²) in [4.78, 5) is 0. The summed E-state index contributed by atoms with van der Waals surface area (Å²) in [6.07, 6.45) is 0.